The number of rotatable bonds is 4. The van der Waals surface area contributed by atoms with Gasteiger partial charge in [0, 0.05) is 12.1 Å². The van der Waals surface area contributed by atoms with Crippen molar-refractivity contribution in [2.75, 3.05) is 13.6 Å². The fourth-order valence-corrected chi connectivity index (χ4v) is 3.47. The summed E-state index contributed by atoms with van der Waals surface area (Å²) in [5, 5.41) is 2.99. The molecule has 3 atom stereocenters. The van der Waals surface area contributed by atoms with Crippen molar-refractivity contribution in [3.05, 3.63) is 35.6 Å². The lowest BCUT2D eigenvalue weighted by atomic mass is 10.0. The SMILES string of the molecule is CNC(CN1C(=O)C2C(C1=O)C2(C)C)c1ccccc1F. The van der Waals surface area contributed by atoms with E-state index in [4.69, 9.17) is 0 Å². The van der Waals surface area contributed by atoms with Crippen molar-refractivity contribution >= 4 is 11.8 Å². The number of likely N-dealkylation sites (tertiary alicyclic amines) is 1. The van der Waals surface area contributed by atoms with Crippen molar-refractivity contribution in [1.82, 2.24) is 10.2 Å². The molecule has 1 heterocycles. The van der Waals surface area contributed by atoms with E-state index >= 15 is 0 Å². The van der Waals surface area contributed by atoms with Gasteiger partial charge in [-0.1, -0.05) is 32.0 Å². The third-order valence-electron chi connectivity index (χ3n) is 4.89. The monoisotopic (exact) mass is 290 g/mol. The van der Waals surface area contributed by atoms with Crippen LogP contribution in [0.15, 0.2) is 24.3 Å². The first kappa shape index (κ1) is 14.2. The molecule has 2 amide bonds. The van der Waals surface area contributed by atoms with Crippen molar-refractivity contribution in [2.45, 2.75) is 19.9 Å². The minimum atomic E-state index is -0.389. The first-order valence-corrected chi connectivity index (χ1v) is 7.16. The summed E-state index contributed by atoms with van der Waals surface area (Å²) in [7, 11) is 1.70. The molecule has 3 unspecified atom stereocenters. The minimum absolute atomic E-state index is 0.119. The predicted molar refractivity (Wildman–Crippen MR) is 75.7 cm³/mol. The highest BCUT2D eigenvalue weighted by Gasteiger charge is 2.72. The molecule has 3 rings (SSSR count). The smallest absolute Gasteiger partial charge is 0.233 e. The molecule has 112 valence electrons. The second-order valence-corrected chi connectivity index (χ2v) is 6.43. The average Bonchev–Trinajstić information content (AvgIpc) is 2.91. The van der Waals surface area contributed by atoms with Crippen LogP contribution in [-0.2, 0) is 9.59 Å². The lowest BCUT2D eigenvalue weighted by molar-refractivity contribution is -0.143. The van der Waals surface area contributed by atoms with E-state index in [2.05, 4.69) is 5.32 Å². The van der Waals surface area contributed by atoms with Crippen LogP contribution >= 0.6 is 0 Å². The normalized spacial score (nSPS) is 27.7. The molecule has 1 aliphatic carbocycles. The molecule has 1 aromatic rings. The molecule has 1 aliphatic heterocycles. The van der Waals surface area contributed by atoms with Crippen molar-refractivity contribution < 1.29 is 14.0 Å². The van der Waals surface area contributed by atoms with Crippen LogP contribution in [0.2, 0.25) is 0 Å². The number of amides is 2. The number of likely N-dealkylation sites (N-methyl/N-ethyl adjacent to an activating group) is 1. The van der Waals surface area contributed by atoms with Gasteiger partial charge in [-0.15, -0.1) is 0 Å². The zero-order valence-electron chi connectivity index (χ0n) is 12.4. The summed E-state index contributed by atoms with van der Waals surface area (Å²) >= 11 is 0. The van der Waals surface area contributed by atoms with E-state index in [0.717, 1.165) is 0 Å². The van der Waals surface area contributed by atoms with E-state index in [9.17, 15) is 14.0 Å². The summed E-state index contributed by atoms with van der Waals surface area (Å²) in [6, 6.07) is 6.03. The third kappa shape index (κ3) is 1.99. The van der Waals surface area contributed by atoms with Gasteiger partial charge in [0.1, 0.15) is 5.82 Å². The molecule has 1 aromatic carbocycles. The first-order valence-electron chi connectivity index (χ1n) is 7.16. The molecule has 0 bridgehead atoms. The molecule has 2 aliphatic rings. The standard InChI is InChI=1S/C16H19FN2O2/c1-16(2)12-13(16)15(21)19(14(12)20)8-11(18-3)9-6-4-5-7-10(9)17/h4-7,11-13,18H,8H2,1-3H3. The number of fused-ring (bicyclic) bond motifs is 1. The highest BCUT2D eigenvalue weighted by molar-refractivity contribution is 6.10. The topological polar surface area (TPSA) is 49.4 Å². The number of carbonyl (C=O) groups is 2. The molecule has 1 N–H and O–H groups in total. The fourth-order valence-electron chi connectivity index (χ4n) is 3.47. The molecule has 1 saturated carbocycles. The molecule has 0 aromatic heterocycles. The maximum Gasteiger partial charge on any atom is 0.233 e. The summed E-state index contributed by atoms with van der Waals surface area (Å²) in [6.45, 7) is 4.07. The van der Waals surface area contributed by atoms with Crippen LogP contribution in [0.3, 0.4) is 0 Å². The molecule has 1 saturated heterocycles. The molecule has 0 radical (unpaired) electrons. The summed E-state index contributed by atoms with van der Waals surface area (Å²) in [6.07, 6.45) is 0. The largest absolute Gasteiger partial charge is 0.311 e. The fraction of sp³-hybridized carbons (Fsp3) is 0.500. The van der Waals surface area contributed by atoms with Crippen LogP contribution in [0.1, 0.15) is 25.5 Å². The van der Waals surface area contributed by atoms with Crippen molar-refractivity contribution in [3.63, 3.8) is 0 Å². The van der Waals surface area contributed by atoms with Crippen LogP contribution in [0.25, 0.3) is 0 Å². The first-order chi connectivity index (χ1) is 9.89. The Bertz CT molecular complexity index is 590. The number of carbonyl (C=O) groups excluding carboxylic acids is 2. The minimum Gasteiger partial charge on any atom is -0.311 e. The van der Waals surface area contributed by atoms with Crippen LogP contribution < -0.4 is 5.32 Å². The number of nitrogens with one attached hydrogen (secondary N) is 1. The molecule has 2 fully saturated rings. The van der Waals surface area contributed by atoms with Crippen LogP contribution in [-0.4, -0.2) is 30.3 Å². The Hall–Kier alpha value is -1.75. The number of nitrogens with zero attached hydrogens (tertiary/aromatic N) is 1. The Balaban J connectivity index is 1.79. The Labute approximate surface area is 123 Å². The number of halogens is 1. The van der Waals surface area contributed by atoms with Crippen LogP contribution in [0.4, 0.5) is 4.39 Å². The average molecular weight is 290 g/mol. The van der Waals surface area contributed by atoms with E-state index in [0.29, 0.717) is 5.56 Å². The van der Waals surface area contributed by atoms with Crippen LogP contribution in [0, 0.1) is 23.1 Å². The maximum absolute atomic E-state index is 13.9. The van der Waals surface area contributed by atoms with Gasteiger partial charge in [-0.05, 0) is 18.5 Å². The van der Waals surface area contributed by atoms with Gasteiger partial charge < -0.3 is 5.32 Å². The van der Waals surface area contributed by atoms with Gasteiger partial charge >= 0.3 is 0 Å². The van der Waals surface area contributed by atoms with E-state index in [1.165, 1.54) is 11.0 Å². The molecule has 4 nitrogen and oxygen atoms in total. The number of imide groups is 1. The van der Waals surface area contributed by atoms with Gasteiger partial charge in [0.25, 0.3) is 0 Å². The van der Waals surface area contributed by atoms with Gasteiger partial charge in [-0.3, -0.25) is 14.5 Å². The Morgan fingerprint density at radius 2 is 1.81 bits per heavy atom. The second kappa shape index (κ2) is 4.63. The third-order valence-corrected chi connectivity index (χ3v) is 4.89. The number of benzene rings is 1. The van der Waals surface area contributed by atoms with Gasteiger partial charge in [-0.25, -0.2) is 4.39 Å². The summed E-state index contributed by atoms with van der Waals surface area (Å²) in [5.41, 5.74) is 0.262. The van der Waals surface area contributed by atoms with Crippen LogP contribution in [0.5, 0.6) is 0 Å². The van der Waals surface area contributed by atoms with E-state index in [1.807, 2.05) is 13.8 Å². The summed E-state index contributed by atoms with van der Waals surface area (Å²) in [4.78, 5) is 25.9. The quantitative estimate of drug-likeness (QED) is 0.859. The number of piperidine rings is 1. The predicted octanol–water partition coefficient (Wildman–Crippen LogP) is 1.73. The van der Waals surface area contributed by atoms with Gasteiger partial charge in [-0.2, -0.15) is 0 Å². The highest BCUT2D eigenvalue weighted by Crippen LogP contribution is 2.63. The van der Waals surface area contributed by atoms with Crippen molar-refractivity contribution in [1.29, 1.82) is 0 Å². The Kier molecular flexibility index (Phi) is 3.13. The molecule has 0 spiro atoms. The van der Waals surface area contributed by atoms with E-state index < -0.39 is 0 Å². The molecular formula is C16H19FN2O2. The van der Waals surface area contributed by atoms with Crippen molar-refractivity contribution in [2.24, 2.45) is 17.3 Å². The second-order valence-electron chi connectivity index (χ2n) is 6.43. The number of hydrogen-bond acceptors (Lipinski definition) is 3. The Morgan fingerprint density at radius 3 is 2.33 bits per heavy atom. The van der Waals surface area contributed by atoms with Gasteiger partial charge in [0.15, 0.2) is 0 Å². The summed E-state index contributed by atoms with van der Waals surface area (Å²) in [5.74, 6) is -0.953. The zero-order valence-corrected chi connectivity index (χ0v) is 12.4. The Morgan fingerprint density at radius 1 is 1.24 bits per heavy atom. The van der Waals surface area contributed by atoms with Gasteiger partial charge in [0.05, 0.1) is 17.9 Å². The highest BCUT2D eigenvalue weighted by atomic mass is 19.1. The van der Waals surface area contributed by atoms with E-state index in [1.54, 1.807) is 25.2 Å². The molecule has 21 heavy (non-hydrogen) atoms. The lowest BCUT2D eigenvalue weighted by Crippen LogP contribution is -2.41. The maximum atomic E-state index is 13.9. The number of hydrogen-bond donors (Lipinski definition) is 1. The van der Waals surface area contributed by atoms with E-state index in [-0.39, 0.29) is 47.5 Å². The molecule has 5 heteroatoms. The molecular weight excluding hydrogens is 271 g/mol. The lowest BCUT2D eigenvalue weighted by Gasteiger charge is -2.26. The van der Waals surface area contributed by atoms with Crippen molar-refractivity contribution in [3.8, 4) is 0 Å². The summed E-state index contributed by atoms with van der Waals surface area (Å²) < 4.78 is 13.9. The zero-order chi connectivity index (χ0) is 15.4. The van der Waals surface area contributed by atoms with Gasteiger partial charge in [0.2, 0.25) is 11.8 Å².